The number of rotatable bonds is 1. The van der Waals surface area contributed by atoms with Crippen LogP contribution >= 0.6 is 0 Å². The van der Waals surface area contributed by atoms with E-state index in [0.717, 1.165) is 0 Å². The second-order valence-corrected chi connectivity index (χ2v) is 2.55. The lowest BCUT2D eigenvalue weighted by Crippen LogP contribution is -2.47. The summed E-state index contributed by atoms with van der Waals surface area (Å²) in [6.45, 7) is 2.84. The van der Waals surface area contributed by atoms with Crippen LogP contribution in [0.3, 0.4) is 0 Å². The van der Waals surface area contributed by atoms with Crippen molar-refractivity contribution in [2.24, 2.45) is 5.41 Å². The molecule has 0 N–H and O–H groups in total. The van der Waals surface area contributed by atoms with Gasteiger partial charge in [0.2, 0.25) is 0 Å². The van der Waals surface area contributed by atoms with Crippen molar-refractivity contribution in [3.8, 4) is 0 Å². The summed E-state index contributed by atoms with van der Waals surface area (Å²) in [5.41, 5.74) is -0.352. The third kappa shape index (κ3) is 1.29. The van der Waals surface area contributed by atoms with Crippen LogP contribution in [0, 0.1) is 5.41 Å². The second-order valence-electron chi connectivity index (χ2n) is 2.55. The van der Waals surface area contributed by atoms with E-state index < -0.39 is 0 Å². The number of carbonyl (C=O) groups is 1. The largest absolute Gasteiger partial charge is 0.468 e. The molecule has 0 bridgehead atoms. The van der Waals surface area contributed by atoms with E-state index in [2.05, 4.69) is 4.74 Å². The summed E-state index contributed by atoms with van der Waals surface area (Å²) in [6, 6.07) is 0. The highest BCUT2D eigenvalue weighted by atomic mass is 16.5. The molecule has 0 aromatic rings. The summed E-state index contributed by atoms with van der Waals surface area (Å²) < 4.78 is 9.40. The minimum atomic E-state index is -0.352. The molecule has 60 valence electrons. The van der Waals surface area contributed by atoms with Gasteiger partial charge in [0, 0.05) is 0 Å². The van der Waals surface area contributed by atoms with Crippen LogP contribution in [-0.2, 0) is 14.3 Å². The molecule has 10 heavy (non-hydrogen) atoms. The standard InChI is InChI=1S/C6H10O3.CH4/c1-6(3-9-4-6)5(7)8-2;/h3-4H2,1-2H3;1H4. The molecule has 0 unspecified atom stereocenters. The van der Waals surface area contributed by atoms with E-state index in [-0.39, 0.29) is 18.8 Å². The SMILES string of the molecule is C.COC(=O)C1(C)COC1. The number of ether oxygens (including phenoxy) is 2. The summed E-state index contributed by atoms with van der Waals surface area (Å²) in [6.07, 6.45) is 0. The second kappa shape index (κ2) is 3.01. The predicted molar refractivity (Wildman–Crippen MR) is 37.7 cm³/mol. The summed E-state index contributed by atoms with van der Waals surface area (Å²) in [4.78, 5) is 10.8. The Kier molecular flexibility index (Phi) is 2.84. The Labute approximate surface area is 61.3 Å². The van der Waals surface area contributed by atoms with Crippen LogP contribution in [0.2, 0.25) is 0 Å². The molecular formula is C7H14O3. The number of carbonyl (C=O) groups excluding carboxylic acids is 1. The van der Waals surface area contributed by atoms with Gasteiger partial charge in [0.05, 0.1) is 20.3 Å². The Morgan fingerprint density at radius 3 is 2.20 bits per heavy atom. The molecule has 1 heterocycles. The van der Waals surface area contributed by atoms with Crippen LogP contribution in [0.4, 0.5) is 0 Å². The van der Waals surface area contributed by atoms with Crippen molar-refractivity contribution in [1.82, 2.24) is 0 Å². The van der Waals surface area contributed by atoms with Gasteiger partial charge in [-0.25, -0.2) is 0 Å². The molecule has 0 saturated carbocycles. The Bertz CT molecular complexity index is 127. The molecule has 0 amide bonds. The maximum atomic E-state index is 10.8. The molecule has 1 aliphatic rings. The molecule has 1 saturated heterocycles. The quantitative estimate of drug-likeness (QED) is 0.514. The summed E-state index contributed by atoms with van der Waals surface area (Å²) in [5.74, 6) is -0.172. The van der Waals surface area contributed by atoms with E-state index in [0.29, 0.717) is 13.2 Å². The lowest BCUT2D eigenvalue weighted by molar-refractivity contribution is -0.179. The van der Waals surface area contributed by atoms with Crippen molar-refractivity contribution >= 4 is 5.97 Å². The first kappa shape index (κ1) is 9.43. The number of methoxy groups -OCH3 is 1. The van der Waals surface area contributed by atoms with Crippen molar-refractivity contribution in [1.29, 1.82) is 0 Å². The molecule has 0 aliphatic carbocycles. The summed E-state index contributed by atoms with van der Waals surface area (Å²) in [5, 5.41) is 0. The average molecular weight is 146 g/mol. The molecule has 1 fully saturated rings. The van der Waals surface area contributed by atoms with Gasteiger partial charge >= 0.3 is 5.97 Å². The van der Waals surface area contributed by atoms with Crippen LogP contribution in [-0.4, -0.2) is 26.3 Å². The van der Waals surface area contributed by atoms with E-state index in [1.807, 2.05) is 6.92 Å². The van der Waals surface area contributed by atoms with E-state index in [9.17, 15) is 4.79 Å². The van der Waals surface area contributed by atoms with Crippen molar-refractivity contribution in [3.63, 3.8) is 0 Å². The van der Waals surface area contributed by atoms with Gasteiger partial charge in [-0.1, -0.05) is 7.43 Å². The van der Waals surface area contributed by atoms with Gasteiger partial charge in [-0.2, -0.15) is 0 Å². The number of hydrogen-bond donors (Lipinski definition) is 0. The normalized spacial score (nSPS) is 20.2. The maximum absolute atomic E-state index is 10.8. The minimum absolute atomic E-state index is 0. The number of esters is 1. The zero-order valence-electron chi connectivity index (χ0n) is 5.64. The van der Waals surface area contributed by atoms with Gasteiger partial charge in [0.15, 0.2) is 0 Å². The third-order valence-electron chi connectivity index (χ3n) is 1.52. The van der Waals surface area contributed by atoms with Crippen molar-refractivity contribution < 1.29 is 14.3 Å². The van der Waals surface area contributed by atoms with Gasteiger partial charge in [-0.05, 0) is 6.92 Å². The fourth-order valence-electron chi connectivity index (χ4n) is 0.772. The Hall–Kier alpha value is -0.570. The topological polar surface area (TPSA) is 35.5 Å². The van der Waals surface area contributed by atoms with E-state index in [1.54, 1.807) is 0 Å². The molecule has 1 rings (SSSR count). The van der Waals surface area contributed by atoms with Crippen LogP contribution in [0.15, 0.2) is 0 Å². The maximum Gasteiger partial charge on any atom is 0.316 e. The predicted octanol–water partition coefficient (Wildman–Crippen LogP) is 0.832. The molecule has 0 aromatic carbocycles. The first-order valence-electron chi connectivity index (χ1n) is 2.85. The van der Waals surface area contributed by atoms with E-state index >= 15 is 0 Å². The van der Waals surface area contributed by atoms with Gasteiger partial charge in [-0.15, -0.1) is 0 Å². The first-order chi connectivity index (χ1) is 4.19. The molecule has 1 aliphatic heterocycles. The lowest BCUT2D eigenvalue weighted by atomic mass is 9.89. The van der Waals surface area contributed by atoms with Gasteiger partial charge in [0.1, 0.15) is 5.41 Å². The first-order valence-corrected chi connectivity index (χ1v) is 2.85. The fraction of sp³-hybridized carbons (Fsp3) is 0.857. The molecule has 0 aromatic heterocycles. The Morgan fingerprint density at radius 2 is 2.10 bits per heavy atom. The van der Waals surface area contributed by atoms with E-state index in [1.165, 1.54) is 7.11 Å². The Balaban J connectivity index is 0.000000810. The fourth-order valence-corrected chi connectivity index (χ4v) is 0.772. The van der Waals surface area contributed by atoms with Crippen LogP contribution in [0.5, 0.6) is 0 Å². The van der Waals surface area contributed by atoms with Crippen LogP contribution in [0.25, 0.3) is 0 Å². The highest BCUT2D eigenvalue weighted by molar-refractivity contribution is 5.77. The lowest BCUT2D eigenvalue weighted by Gasteiger charge is -2.34. The van der Waals surface area contributed by atoms with Gasteiger partial charge in [-0.3, -0.25) is 4.79 Å². The highest BCUT2D eigenvalue weighted by Gasteiger charge is 2.42. The zero-order chi connectivity index (χ0) is 6.91. The number of hydrogen-bond acceptors (Lipinski definition) is 3. The minimum Gasteiger partial charge on any atom is -0.468 e. The molecule has 0 atom stereocenters. The average Bonchev–Trinajstić information content (AvgIpc) is 1.81. The Morgan fingerprint density at radius 1 is 1.60 bits per heavy atom. The van der Waals surface area contributed by atoms with Gasteiger partial charge < -0.3 is 9.47 Å². The molecule has 0 spiro atoms. The molecule has 3 nitrogen and oxygen atoms in total. The summed E-state index contributed by atoms with van der Waals surface area (Å²) >= 11 is 0. The van der Waals surface area contributed by atoms with Gasteiger partial charge in [0.25, 0.3) is 0 Å². The smallest absolute Gasteiger partial charge is 0.316 e. The molecular weight excluding hydrogens is 132 g/mol. The van der Waals surface area contributed by atoms with Crippen molar-refractivity contribution in [2.75, 3.05) is 20.3 Å². The zero-order valence-corrected chi connectivity index (χ0v) is 5.64. The summed E-state index contributed by atoms with van der Waals surface area (Å²) in [7, 11) is 1.39. The molecule has 0 radical (unpaired) electrons. The monoisotopic (exact) mass is 146 g/mol. The van der Waals surface area contributed by atoms with Crippen molar-refractivity contribution in [2.45, 2.75) is 14.4 Å². The van der Waals surface area contributed by atoms with Crippen LogP contribution < -0.4 is 0 Å². The highest BCUT2D eigenvalue weighted by Crippen LogP contribution is 2.27. The van der Waals surface area contributed by atoms with Crippen LogP contribution in [0.1, 0.15) is 14.4 Å². The van der Waals surface area contributed by atoms with E-state index in [4.69, 9.17) is 4.74 Å². The molecule has 3 heteroatoms. The third-order valence-corrected chi connectivity index (χ3v) is 1.52. The van der Waals surface area contributed by atoms with Crippen molar-refractivity contribution in [3.05, 3.63) is 0 Å².